The number of nitrogens with zero attached hydrogens (tertiary/aromatic N) is 3. The van der Waals surface area contributed by atoms with Crippen molar-refractivity contribution < 1.29 is 9.84 Å². The number of halogens is 1. The number of aromatic nitrogens is 2. The number of morpholine rings is 1. The van der Waals surface area contributed by atoms with Crippen molar-refractivity contribution in [2.45, 2.75) is 36.1 Å². The first-order valence-corrected chi connectivity index (χ1v) is 7.90. The largest absolute Gasteiger partial charge is 0.393 e. The fourth-order valence-electron chi connectivity index (χ4n) is 2.82. The molecule has 0 aromatic carbocycles. The van der Waals surface area contributed by atoms with Gasteiger partial charge in [-0.25, -0.2) is 9.97 Å². The number of fused-ring (bicyclic) bond motifs is 2. The second-order valence-electron chi connectivity index (χ2n) is 4.90. The molecule has 3 rings (SSSR count). The van der Waals surface area contributed by atoms with Crippen LogP contribution >= 0.6 is 23.4 Å². The summed E-state index contributed by atoms with van der Waals surface area (Å²) in [6, 6.07) is 0.303. The van der Waals surface area contributed by atoms with Gasteiger partial charge in [0.15, 0.2) is 0 Å². The quantitative estimate of drug-likeness (QED) is 0.661. The third-order valence-corrected chi connectivity index (χ3v) is 4.71. The molecule has 2 aliphatic rings. The van der Waals surface area contributed by atoms with E-state index in [0.717, 1.165) is 5.03 Å². The summed E-state index contributed by atoms with van der Waals surface area (Å²) in [5.74, 6) is 0.693. The summed E-state index contributed by atoms with van der Waals surface area (Å²) in [4.78, 5) is 11.1. The summed E-state index contributed by atoms with van der Waals surface area (Å²) in [6.07, 6.45) is 4.76. The van der Waals surface area contributed by atoms with E-state index in [9.17, 15) is 5.11 Å². The average molecular weight is 302 g/mol. The Balaban J connectivity index is 1.92. The van der Waals surface area contributed by atoms with Crippen molar-refractivity contribution in [3.8, 4) is 0 Å². The van der Waals surface area contributed by atoms with Crippen LogP contribution < -0.4 is 4.90 Å². The minimum absolute atomic E-state index is 0.151. The van der Waals surface area contributed by atoms with Gasteiger partial charge in [-0.1, -0.05) is 11.6 Å². The molecule has 0 saturated carbocycles. The van der Waals surface area contributed by atoms with Crippen LogP contribution in [-0.2, 0) is 4.74 Å². The molecule has 1 unspecified atom stereocenters. The highest BCUT2D eigenvalue weighted by molar-refractivity contribution is 7.98. The first-order chi connectivity index (χ1) is 9.19. The van der Waals surface area contributed by atoms with E-state index in [1.807, 2.05) is 6.26 Å². The highest BCUT2D eigenvalue weighted by Crippen LogP contribution is 2.32. The van der Waals surface area contributed by atoms with Crippen LogP contribution in [0.4, 0.5) is 5.95 Å². The lowest BCUT2D eigenvalue weighted by atomic mass is 9.92. The number of thioether (sulfide) groups is 1. The predicted octanol–water partition coefficient (Wildman–Crippen LogP) is 1.58. The fourth-order valence-corrected chi connectivity index (χ4v) is 3.57. The molecular formula is C12H16ClN3O2S. The molecule has 3 heterocycles. The molecule has 2 aliphatic heterocycles. The molecule has 19 heavy (non-hydrogen) atoms. The monoisotopic (exact) mass is 301 g/mol. The van der Waals surface area contributed by atoms with Crippen LogP contribution in [0.5, 0.6) is 0 Å². The van der Waals surface area contributed by atoms with E-state index in [4.69, 9.17) is 16.3 Å². The molecule has 2 fully saturated rings. The predicted molar refractivity (Wildman–Crippen MR) is 74.9 cm³/mol. The van der Waals surface area contributed by atoms with E-state index < -0.39 is 0 Å². The summed E-state index contributed by atoms with van der Waals surface area (Å²) in [5.41, 5.74) is 0. The second kappa shape index (κ2) is 5.44. The van der Waals surface area contributed by atoms with Crippen LogP contribution in [0.1, 0.15) is 12.8 Å². The van der Waals surface area contributed by atoms with Crippen LogP contribution in [0.3, 0.4) is 0 Å². The van der Waals surface area contributed by atoms with Gasteiger partial charge in [-0.3, -0.25) is 0 Å². The van der Waals surface area contributed by atoms with Crippen molar-refractivity contribution in [1.82, 2.24) is 9.97 Å². The van der Waals surface area contributed by atoms with Gasteiger partial charge in [0, 0.05) is 0 Å². The number of hydrogen-bond donors (Lipinski definition) is 1. The first kappa shape index (κ1) is 13.4. The van der Waals surface area contributed by atoms with Gasteiger partial charge < -0.3 is 14.7 Å². The number of ether oxygens (including phenoxy) is 1. The van der Waals surface area contributed by atoms with Gasteiger partial charge in [-0.15, -0.1) is 11.8 Å². The van der Waals surface area contributed by atoms with Crippen molar-refractivity contribution in [2.24, 2.45) is 0 Å². The van der Waals surface area contributed by atoms with Crippen LogP contribution in [0, 0.1) is 0 Å². The molecule has 2 saturated heterocycles. The molecule has 0 amide bonds. The Morgan fingerprint density at radius 3 is 2.74 bits per heavy atom. The SMILES string of the molecule is CSc1nc(N2[C@@H]3COC[C@H]2CC(O)C3)ncc1Cl. The molecule has 3 atom stereocenters. The maximum Gasteiger partial charge on any atom is 0.227 e. The average Bonchev–Trinajstić information content (AvgIpc) is 2.38. The first-order valence-electron chi connectivity index (χ1n) is 6.29. The molecule has 1 N–H and O–H groups in total. The van der Waals surface area contributed by atoms with Gasteiger partial charge >= 0.3 is 0 Å². The lowest BCUT2D eigenvalue weighted by molar-refractivity contribution is 0.000277. The van der Waals surface area contributed by atoms with E-state index in [0.29, 0.717) is 37.0 Å². The number of aliphatic hydroxyl groups is 1. The molecule has 7 heteroatoms. The van der Waals surface area contributed by atoms with Crippen molar-refractivity contribution >= 4 is 29.3 Å². The smallest absolute Gasteiger partial charge is 0.227 e. The highest BCUT2D eigenvalue weighted by atomic mass is 35.5. The van der Waals surface area contributed by atoms with Crippen LogP contribution in [0.15, 0.2) is 11.2 Å². The lowest BCUT2D eigenvalue weighted by Crippen LogP contribution is -2.59. The van der Waals surface area contributed by atoms with Gasteiger partial charge in [-0.2, -0.15) is 0 Å². The summed E-state index contributed by atoms with van der Waals surface area (Å²) in [5, 5.41) is 11.2. The summed E-state index contributed by atoms with van der Waals surface area (Å²) >= 11 is 7.56. The molecule has 1 aromatic rings. The van der Waals surface area contributed by atoms with E-state index in [1.165, 1.54) is 11.8 Å². The van der Waals surface area contributed by atoms with E-state index in [2.05, 4.69) is 14.9 Å². The van der Waals surface area contributed by atoms with Crippen molar-refractivity contribution in [3.05, 3.63) is 11.2 Å². The Labute approximate surface area is 121 Å². The van der Waals surface area contributed by atoms with Gasteiger partial charge in [0.25, 0.3) is 0 Å². The number of hydrogen-bond acceptors (Lipinski definition) is 6. The Morgan fingerprint density at radius 1 is 1.42 bits per heavy atom. The maximum atomic E-state index is 9.88. The Hall–Kier alpha value is -0.560. The zero-order valence-electron chi connectivity index (χ0n) is 10.6. The summed E-state index contributed by atoms with van der Waals surface area (Å²) < 4.78 is 5.58. The van der Waals surface area contributed by atoms with Crippen LogP contribution in [0.2, 0.25) is 5.02 Å². The number of aliphatic hydroxyl groups excluding tert-OH is 1. The molecule has 2 bridgehead atoms. The van der Waals surface area contributed by atoms with E-state index in [-0.39, 0.29) is 18.2 Å². The molecule has 5 nitrogen and oxygen atoms in total. The van der Waals surface area contributed by atoms with Crippen molar-refractivity contribution in [1.29, 1.82) is 0 Å². The lowest BCUT2D eigenvalue weighted by Gasteiger charge is -2.47. The number of piperidine rings is 1. The minimum Gasteiger partial charge on any atom is -0.393 e. The fraction of sp³-hybridized carbons (Fsp3) is 0.667. The van der Waals surface area contributed by atoms with Gasteiger partial charge in [0.2, 0.25) is 5.95 Å². The highest BCUT2D eigenvalue weighted by Gasteiger charge is 2.39. The van der Waals surface area contributed by atoms with Gasteiger partial charge in [0.05, 0.1) is 42.6 Å². The minimum atomic E-state index is -0.248. The van der Waals surface area contributed by atoms with E-state index >= 15 is 0 Å². The summed E-state index contributed by atoms with van der Waals surface area (Å²) in [6.45, 7) is 1.24. The zero-order valence-corrected chi connectivity index (χ0v) is 12.2. The Kier molecular flexibility index (Phi) is 3.84. The van der Waals surface area contributed by atoms with Crippen LogP contribution in [-0.4, -0.2) is 52.7 Å². The summed E-state index contributed by atoms with van der Waals surface area (Å²) in [7, 11) is 0. The molecular weight excluding hydrogens is 286 g/mol. The standard InChI is InChI=1S/C12H16ClN3O2S/c1-19-11-10(13)4-14-12(15-11)16-7-2-9(17)3-8(16)6-18-5-7/h4,7-9,17H,2-3,5-6H2,1H3/t7-,8+,9?. The molecule has 0 radical (unpaired) electrons. The van der Waals surface area contributed by atoms with Crippen molar-refractivity contribution in [2.75, 3.05) is 24.4 Å². The van der Waals surface area contributed by atoms with Gasteiger partial charge in [-0.05, 0) is 19.1 Å². The normalized spacial score (nSPS) is 30.5. The second-order valence-corrected chi connectivity index (χ2v) is 6.11. The molecule has 1 aromatic heterocycles. The maximum absolute atomic E-state index is 9.88. The van der Waals surface area contributed by atoms with Crippen molar-refractivity contribution in [3.63, 3.8) is 0 Å². The molecule has 104 valence electrons. The van der Waals surface area contributed by atoms with E-state index in [1.54, 1.807) is 6.20 Å². The number of anilines is 1. The topological polar surface area (TPSA) is 58.5 Å². The Morgan fingerprint density at radius 2 is 2.11 bits per heavy atom. The third-order valence-electron chi connectivity index (χ3n) is 3.62. The molecule has 0 spiro atoms. The Bertz CT molecular complexity index is 462. The third kappa shape index (κ3) is 2.54. The van der Waals surface area contributed by atoms with Crippen LogP contribution in [0.25, 0.3) is 0 Å². The van der Waals surface area contributed by atoms with Gasteiger partial charge in [0.1, 0.15) is 5.03 Å². The zero-order chi connectivity index (χ0) is 13.4. The molecule has 0 aliphatic carbocycles. The number of rotatable bonds is 2.